The van der Waals surface area contributed by atoms with Crippen molar-refractivity contribution in [2.75, 3.05) is 7.11 Å². The van der Waals surface area contributed by atoms with Gasteiger partial charge in [0.1, 0.15) is 0 Å². The molecule has 0 aromatic rings. The van der Waals surface area contributed by atoms with E-state index < -0.39 is 12.2 Å². The maximum absolute atomic E-state index is 13.4. The first-order valence-electron chi connectivity index (χ1n) is 14.2. The molecule has 2 unspecified atom stereocenters. The minimum Gasteiger partial charge on any atom is -0.469 e. The number of aliphatic hydroxyl groups excluding tert-OH is 2. The fraction of sp³-hybridized carbons (Fsp3) is 0.903. The van der Waals surface area contributed by atoms with Crippen LogP contribution in [-0.2, 0) is 9.53 Å². The molecule has 35 heavy (non-hydrogen) atoms. The number of carbonyl (C=O) groups excluding carboxylic acids is 1. The summed E-state index contributed by atoms with van der Waals surface area (Å²) in [6, 6.07) is 0. The average Bonchev–Trinajstić information content (AvgIpc) is 2.77. The van der Waals surface area contributed by atoms with Gasteiger partial charge in [-0.1, -0.05) is 60.1 Å². The highest BCUT2D eigenvalue weighted by atomic mass is 16.5. The molecule has 198 valence electrons. The van der Waals surface area contributed by atoms with Crippen LogP contribution in [0.2, 0.25) is 0 Å². The van der Waals surface area contributed by atoms with E-state index in [1.54, 1.807) is 12.7 Å². The molecule has 9 atom stereocenters. The van der Waals surface area contributed by atoms with Gasteiger partial charge >= 0.3 is 5.97 Å². The van der Waals surface area contributed by atoms with Crippen molar-refractivity contribution in [2.45, 2.75) is 118 Å². The number of rotatable bonds is 1. The van der Waals surface area contributed by atoms with Gasteiger partial charge in [0.2, 0.25) is 0 Å². The molecule has 0 spiro atoms. The van der Waals surface area contributed by atoms with Crippen LogP contribution in [0, 0.1) is 50.2 Å². The lowest BCUT2D eigenvalue weighted by Gasteiger charge is -2.71. The highest BCUT2D eigenvalue weighted by Gasteiger charge is 2.70. The third-order valence-electron chi connectivity index (χ3n) is 13.2. The van der Waals surface area contributed by atoms with Crippen molar-refractivity contribution in [3.8, 4) is 0 Å². The molecule has 0 radical (unpaired) electrons. The molecule has 0 aliphatic heterocycles. The summed E-state index contributed by atoms with van der Waals surface area (Å²) >= 11 is 0. The van der Waals surface area contributed by atoms with E-state index in [9.17, 15) is 15.0 Å². The average molecular weight is 487 g/mol. The minimum absolute atomic E-state index is 0.00929. The number of esters is 1. The normalized spacial score (nSPS) is 52.2. The maximum Gasteiger partial charge on any atom is 0.312 e. The summed E-state index contributed by atoms with van der Waals surface area (Å²) in [6.45, 7) is 16.6. The molecule has 4 fully saturated rings. The molecule has 0 bridgehead atoms. The summed E-state index contributed by atoms with van der Waals surface area (Å²) in [7, 11) is 1.57. The molecule has 5 aliphatic rings. The summed E-state index contributed by atoms with van der Waals surface area (Å²) in [5.74, 6) is 1.13. The number of aliphatic hydroxyl groups is 2. The van der Waals surface area contributed by atoms with Gasteiger partial charge in [0.25, 0.3) is 0 Å². The molecule has 0 heterocycles. The summed E-state index contributed by atoms with van der Waals surface area (Å²) < 4.78 is 5.48. The quantitative estimate of drug-likeness (QED) is 0.337. The third kappa shape index (κ3) is 3.14. The Morgan fingerprint density at radius 1 is 0.914 bits per heavy atom. The number of methoxy groups -OCH3 is 1. The Bertz CT molecular complexity index is 934. The Hall–Kier alpha value is -0.870. The molecule has 0 amide bonds. The first kappa shape index (κ1) is 25.8. The lowest BCUT2D eigenvalue weighted by atomic mass is 9.33. The van der Waals surface area contributed by atoms with Crippen LogP contribution in [0.15, 0.2) is 11.6 Å². The molecule has 4 heteroatoms. The van der Waals surface area contributed by atoms with Crippen molar-refractivity contribution in [3.05, 3.63) is 11.6 Å². The first-order chi connectivity index (χ1) is 16.1. The van der Waals surface area contributed by atoms with E-state index in [-0.39, 0.29) is 44.4 Å². The number of allylic oxidation sites excluding steroid dienone is 2. The Labute approximate surface area is 213 Å². The van der Waals surface area contributed by atoms with E-state index in [1.807, 2.05) is 0 Å². The molecular weight excluding hydrogens is 436 g/mol. The van der Waals surface area contributed by atoms with Crippen LogP contribution >= 0.6 is 0 Å². The highest BCUT2D eigenvalue weighted by molar-refractivity contribution is 5.78. The van der Waals surface area contributed by atoms with Crippen molar-refractivity contribution in [3.63, 3.8) is 0 Å². The fourth-order valence-corrected chi connectivity index (χ4v) is 11.0. The van der Waals surface area contributed by atoms with E-state index in [1.165, 1.54) is 0 Å². The van der Waals surface area contributed by atoms with Crippen molar-refractivity contribution in [1.29, 1.82) is 0 Å². The van der Waals surface area contributed by atoms with E-state index in [0.29, 0.717) is 18.3 Å². The van der Waals surface area contributed by atoms with Crippen molar-refractivity contribution < 1.29 is 19.7 Å². The maximum atomic E-state index is 13.4. The van der Waals surface area contributed by atoms with Gasteiger partial charge in [-0.25, -0.2) is 0 Å². The molecule has 5 rings (SSSR count). The van der Waals surface area contributed by atoms with Crippen LogP contribution in [0.1, 0.15) is 106 Å². The predicted octanol–water partition coefficient (Wildman–Crippen LogP) is 6.29. The molecule has 0 aromatic carbocycles. The fourth-order valence-electron chi connectivity index (χ4n) is 11.0. The SMILES string of the molecule is COC(=O)[C@]12CCC(C)(C)C[C@H]1C1=CC[C@@H]3[C@@]4(C)CC(O)C(O)C(C)(C)[C@@H]4CC[C@@]3(C)[C@]1(C)CC2. The summed E-state index contributed by atoms with van der Waals surface area (Å²) in [5, 5.41) is 21.9. The summed E-state index contributed by atoms with van der Waals surface area (Å²) in [4.78, 5) is 13.4. The van der Waals surface area contributed by atoms with Crippen LogP contribution in [-0.4, -0.2) is 35.5 Å². The second kappa shape index (κ2) is 7.59. The van der Waals surface area contributed by atoms with E-state index in [0.717, 1.165) is 51.4 Å². The number of fused-ring (bicyclic) bond motifs is 7. The Morgan fingerprint density at radius 2 is 1.57 bits per heavy atom. The number of hydrogen-bond donors (Lipinski definition) is 2. The molecular formula is C31H50O4. The summed E-state index contributed by atoms with van der Waals surface area (Å²) in [5.41, 5.74) is 1.26. The van der Waals surface area contributed by atoms with Crippen LogP contribution in [0.3, 0.4) is 0 Å². The number of hydrogen-bond acceptors (Lipinski definition) is 4. The zero-order valence-corrected chi connectivity index (χ0v) is 23.5. The van der Waals surface area contributed by atoms with E-state index >= 15 is 0 Å². The van der Waals surface area contributed by atoms with E-state index in [4.69, 9.17) is 4.74 Å². The van der Waals surface area contributed by atoms with Gasteiger partial charge in [-0.3, -0.25) is 4.79 Å². The lowest BCUT2D eigenvalue weighted by molar-refractivity contribution is -0.232. The summed E-state index contributed by atoms with van der Waals surface area (Å²) in [6.07, 6.45) is 10.2. The van der Waals surface area contributed by atoms with Gasteiger partial charge in [0.15, 0.2) is 0 Å². The molecule has 2 N–H and O–H groups in total. The van der Waals surface area contributed by atoms with Gasteiger partial charge < -0.3 is 14.9 Å². The largest absolute Gasteiger partial charge is 0.469 e. The number of ether oxygens (including phenoxy) is 1. The van der Waals surface area contributed by atoms with Gasteiger partial charge in [-0.2, -0.15) is 0 Å². The molecule has 0 aromatic heterocycles. The standard InChI is InChI=1S/C31H50O4/c1-26(2)13-15-31(25(34)35-8)16-14-29(6)19(20(31)17-26)9-10-23-28(5)18-21(32)24(33)27(3,4)22(28)11-12-30(23,29)7/h9,20-24,32-33H,10-18H2,1-8H3/t20-,21?,22-,23+,24?,28-,29+,30+,31-/m0/s1. The van der Waals surface area contributed by atoms with Crippen LogP contribution in [0.25, 0.3) is 0 Å². The molecule has 4 nitrogen and oxygen atoms in total. The second-order valence-corrected chi connectivity index (χ2v) is 15.4. The lowest BCUT2D eigenvalue weighted by Crippen LogP contribution is -2.67. The third-order valence-corrected chi connectivity index (χ3v) is 13.2. The van der Waals surface area contributed by atoms with Gasteiger partial charge in [-0.05, 0) is 103 Å². The van der Waals surface area contributed by atoms with Crippen molar-refractivity contribution >= 4 is 5.97 Å². The van der Waals surface area contributed by atoms with E-state index in [2.05, 4.69) is 54.5 Å². The van der Waals surface area contributed by atoms with Gasteiger partial charge in [0.05, 0.1) is 24.7 Å². The van der Waals surface area contributed by atoms with Crippen LogP contribution in [0.4, 0.5) is 0 Å². The van der Waals surface area contributed by atoms with Crippen molar-refractivity contribution in [2.24, 2.45) is 50.2 Å². The van der Waals surface area contributed by atoms with Crippen LogP contribution < -0.4 is 0 Å². The Kier molecular flexibility index (Phi) is 5.59. The molecule has 0 saturated heterocycles. The number of carbonyl (C=O) groups is 1. The smallest absolute Gasteiger partial charge is 0.312 e. The van der Waals surface area contributed by atoms with Crippen LogP contribution in [0.5, 0.6) is 0 Å². The Balaban J connectivity index is 1.61. The minimum atomic E-state index is -0.663. The molecule has 5 aliphatic carbocycles. The topological polar surface area (TPSA) is 66.8 Å². The second-order valence-electron chi connectivity index (χ2n) is 15.4. The highest BCUT2D eigenvalue weighted by Crippen LogP contribution is 2.75. The zero-order valence-electron chi connectivity index (χ0n) is 23.5. The first-order valence-corrected chi connectivity index (χ1v) is 14.2. The monoisotopic (exact) mass is 486 g/mol. The van der Waals surface area contributed by atoms with Gasteiger partial charge in [-0.15, -0.1) is 0 Å². The molecule has 4 saturated carbocycles. The van der Waals surface area contributed by atoms with Crippen molar-refractivity contribution in [1.82, 2.24) is 0 Å². The zero-order chi connectivity index (χ0) is 25.8. The predicted molar refractivity (Wildman–Crippen MR) is 138 cm³/mol. The van der Waals surface area contributed by atoms with Gasteiger partial charge in [0, 0.05) is 0 Å². The Morgan fingerprint density at radius 3 is 2.23 bits per heavy atom.